The molecule has 2 heterocycles. The third-order valence-corrected chi connectivity index (χ3v) is 5.61. The number of aromatic nitrogens is 1. The molecule has 2 unspecified atom stereocenters. The van der Waals surface area contributed by atoms with Gasteiger partial charge in [0, 0.05) is 24.2 Å². The summed E-state index contributed by atoms with van der Waals surface area (Å²) in [5.74, 6) is 0. The number of rotatable bonds is 4. The highest BCUT2D eigenvalue weighted by Crippen LogP contribution is 2.26. The minimum atomic E-state index is -1.38. The zero-order valence-electron chi connectivity index (χ0n) is 13.7. The van der Waals surface area contributed by atoms with E-state index in [-0.39, 0.29) is 18.3 Å². The molecule has 2 atom stereocenters. The lowest BCUT2D eigenvalue weighted by Gasteiger charge is -2.20. The molecule has 0 spiro atoms. The van der Waals surface area contributed by atoms with Crippen molar-refractivity contribution in [1.82, 2.24) is 8.87 Å². The molecule has 8 nitrogen and oxygen atoms in total. The molecule has 25 heavy (non-hydrogen) atoms. The number of ether oxygens (including phenoxy) is 2. The summed E-state index contributed by atoms with van der Waals surface area (Å²) in [6.45, 7) is 0.969. The molecule has 0 bridgehead atoms. The van der Waals surface area contributed by atoms with Gasteiger partial charge in [-0.3, -0.25) is 9.36 Å². The monoisotopic (exact) mass is 365 g/mol. The van der Waals surface area contributed by atoms with Gasteiger partial charge in [-0.1, -0.05) is 6.07 Å². The fourth-order valence-electron chi connectivity index (χ4n) is 2.77. The van der Waals surface area contributed by atoms with Crippen molar-refractivity contribution >= 4 is 28.3 Å². The van der Waals surface area contributed by atoms with Crippen molar-refractivity contribution in [2.75, 3.05) is 20.2 Å². The summed E-state index contributed by atoms with van der Waals surface area (Å²) in [5.41, 5.74) is 5.55. The summed E-state index contributed by atoms with van der Waals surface area (Å²) in [6.07, 6.45) is 1.44. The topological polar surface area (TPSA) is 110 Å². The van der Waals surface area contributed by atoms with Crippen molar-refractivity contribution in [3.63, 3.8) is 0 Å². The van der Waals surface area contributed by atoms with Gasteiger partial charge < -0.3 is 19.8 Å². The van der Waals surface area contributed by atoms with Crippen LogP contribution in [0.25, 0.3) is 10.8 Å². The second-order valence-electron chi connectivity index (χ2n) is 5.72. The van der Waals surface area contributed by atoms with Gasteiger partial charge in [0.15, 0.2) is 11.6 Å². The Hall–Kier alpha value is -2.07. The van der Waals surface area contributed by atoms with Gasteiger partial charge in [0.05, 0.1) is 30.4 Å². The van der Waals surface area contributed by atoms with E-state index in [2.05, 4.69) is 4.74 Å². The van der Waals surface area contributed by atoms with E-state index in [1.807, 2.05) is 4.31 Å². The Balaban J connectivity index is 1.93. The summed E-state index contributed by atoms with van der Waals surface area (Å²) in [4.78, 5) is 24.2. The standard InChI is InChI=1S/C16H19N3O5S/c1-23-16(21)24-10-18-7-6-12-13(15(18)20)3-2-4-14(12)25(22)19-8-5-11(17)9-19/h2-4,6-7,11H,5,8-10,17H2,1H3. The largest absolute Gasteiger partial charge is 0.593 e. The minimum absolute atomic E-state index is 0.0200. The van der Waals surface area contributed by atoms with Crippen LogP contribution in [0.2, 0.25) is 0 Å². The number of methoxy groups -OCH3 is 1. The van der Waals surface area contributed by atoms with Crippen molar-refractivity contribution in [3.8, 4) is 0 Å². The Morgan fingerprint density at radius 1 is 1.40 bits per heavy atom. The molecule has 0 radical (unpaired) electrons. The van der Waals surface area contributed by atoms with E-state index in [0.29, 0.717) is 28.8 Å². The first kappa shape index (κ1) is 17.7. The normalized spacial score (nSPS) is 19.1. The van der Waals surface area contributed by atoms with Gasteiger partial charge in [-0.05, 0) is 24.6 Å². The molecule has 2 aromatic rings. The van der Waals surface area contributed by atoms with Gasteiger partial charge >= 0.3 is 6.16 Å². The number of pyridine rings is 1. The van der Waals surface area contributed by atoms with Crippen LogP contribution in [0.15, 0.2) is 40.2 Å². The molecule has 1 aliphatic heterocycles. The Bertz CT molecular complexity index is 840. The number of nitrogens with zero attached hydrogens (tertiary/aromatic N) is 2. The predicted molar refractivity (Wildman–Crippen MR) is 92.3 cm³/mol. The van der Waals surface area contributed by atoms with Crippen LogP contribution in [-0.4, -0.2) is 45.8 Å². The number of hydrogen-bond acceptors (Lipinski definition) is 7. The SMILES string of the molecule is COC(=O)OCn1ccc2c([S+]([O-])N3CCC(N)C3)cccc2c1=O. The van der Waals surface area contributed by atoms with Crippen molar-refractivity contribution in [3.05, 3.63) is 40.8 Å². The Morgan fingerprint density at radius 3 is 2.88 bits per heavy atom. The smallest absolute Gasteiger partial charge is 0.509 e. The number of fused-ring (bicyclic) bond motifs is 1. The quantitative estimate of drug-likeness (QED) is 0.630. The van der Waals surface area contributed by atoms with Crippen molar-refractivity contribution in [2.24, 2.45) is 5.73 Å². The number of nitrogens with two attached hydrogens (primary N) is 1. The molecule has 2 N–H and O–H groups in total. The Kier molecular flexibility index (Phi) is 5.28. The van der Waals surface area contributed by atoms with Crippen LogP contribution < -0.4 is 11.3 Å². The second-order valence-corrected chi connectivity index (χ2v) is 7.18. The van der Waals surface area contributed by atoms with Gasteiger partial charge in [0.1, 0.15) is 0 Å². The molecule has 9 heteroatoms. The van der Waals surface area contributed by atoms with E-state index < -0.39 is 17.5 Å². The average Bonchev–Trinajstić information content (AvgIpc) is 3.06. The lowest BCUT2D eigenvalue weighted by molar-refractivity contribution is 0.0477. The van der Waals surface area contributed by atoms with E-state index in [9.17, 15) is 14.1 Å². The fourth-order valence-corrected chi connectivity index (χ4v) is 4.21. The molecule has 1 fully saturated rings. The van der Waals surface area contributed by atoms with E-state index in [1.165, 1.54) is 17.9 Å². The first-order valence-corrected chi connectivity index (χ1v) is 8.87. The van der Waals surface area contributed by atoms with E-state index in [0.717, 1.165) is 6.42 Å². The van der Waals surface area contributed by atoms with E-state index in [1.54, 1.807) is 24.3 Å². The lowest BCUT2D eigenvalue weighted by Crippen LogP contribution is -2.32. The third kappa shape index (κ3) is 3.64. The molecule has 134 valence electrons. The summed E-state index contributed by atoms with van der Waals surface area (Å²) < 4.78 is 25.1. The van der Waals surface area contributed by atoms with Crippen LogP contribution in [0.1, 0.15) is 6.42 Å². The lowest BCUT2D eigenvalue weighted by atomic mass is 10.2. The maximum Gasteiger partial charge on any atom is 0.509 e. The summed E-state index contributed by atoms with van der Waals surface area (Å²) in [6, 6.07) is 6.81. The fraction of sp³-hybridized carbons (Fsp3) is 0.375. The molecular weight excluding hydrogens is 346 g/mol. The van der Waals surface area contributed by atoms with Crippen molar-refractivity contribution in [2.45, 2.75) is 24.1 Å². The molecule has 1 saturated heterocycles. The van der Waals surface area contributed by atoms with Crippen LogP contribution >= 0.6 is 0 Å². The van der Waals surface area contributed by atoms with Gasteiger partial charge in [-0.25, -0.2) is 4.79 Å². The third-order valence-electron chi connectivity index (χ3n) is 4.08. The van der Waals surface area contributed by atoms with Crippen LogP contribution in [0.4, 0.5) is 4.79 Å². The molecule has 0 aliphatic carbocycles. The number of carbonyl (C=O) groups excluding carboxylic acids is 1. The molecule has 1 aromatic heterocycles. The van der Waals surface area contributed by atoms with Crippen molar-refractivity contribution in [1.29, 1.82) is 0 Å². The first-order valence-electron chi connectivity index (χ1n) is 7.76. The van der Waals surface area contributed by atoms with Crippen LogP contribution in [0.3, 0.4) is 0 Å². The van der Waals surface area contributed by atoms with Crippen LogP contribution in [0.5, 0.6) is 0 Å². The average molecular weight is 365 g/mol. The van der Waals surface area contributed by atoms with E-state index in [4.69, 9.17) is 10.5 Å². The summed E-state index contributed by atoms with van der Waals surface area (Å²) in [7, 11) is 1.19. The highest BCUT2D eigenvalue weighted by molar-refractivity contribution is 7.89. The number of carbonyl (C=O) groups is 1. The van der Waals surface area contributed by atoms with Gasteiger partial charge in [0.2, 0.25) is 0 Å². The Morgan fingerprint density at radius 2 is 2.20 bits per heavy atom. The minimum Gasteiger partial charge on any atom is -0.593 e. The van der Waals surface area contributed by atoms with E-state index >= 15 is 0 Å². The highest BCUT2D eigenvalue weighted by Gasteiger charge is 2.31. The summed E-state index contributed by atoms with van der Waals surface area (Å²) in [5, 5.41) is 1.02. The zero-order chi connectivity index (χ0) is 18.0. The molecule has 1 aromatic carbocycles. The second kappa shape index (κ2) is 7.44. The number of hydrogen-bond donors (Lipinski definition) is 1. The Labute approximate surface area is 147 Å². The summed E-state index contributed by atoms with van der Waals surface area (Å²) >= 11 is -1.38. The van der Waals surface area contributed by atoms with Gasteiger partial charge in [-0.15, -0.1) is 4.31 Å². The molecule has 3 rings (SSSR count). The van der Waals surface area contributed by atoms with Crippen LogP contribution in [-0.2, 0) is 27.6 Å². The highest BCUT2D eigenvalue weighted by atomic mass is 32.2. The molecule has 0 saturated carbocycles. The van der Waals surface area contributed by atoms with Crippen LogP contribution in [0, 0.1) is 0 Å². The maximum atomic E-state index is 12.8. The molecular formula is C16H19N3O5S. The van der Waals surface area contributed by atoms with Crippen molar-refractivity contribution < 1.29 is 18.8 Å². The predicted octanol–water partition coefficient (Wildman–Crippen LogP) is 0.798. The zero-order valence-corrected chi connectivity index (χ0v) is 14.5. The maximum absolute atomic E-state index is 12.8. The number of benzene rings is 1. The first-order chi connectivity index (χ1) is 12.0. The molecule has 0 amide bonds. The van der Waals surface area contributed by atoms with Gasteiger partial charge in [-0.2, -0.15) is 0 Å². The molecule has 1 aliphatic rings. The van der Waals surface area contributed by atoms with Gasteiger partial charge in [0.25, 0.3) is 5.56 Å².